The maximum Gasteiger partial charge on any atom is 0.0543 e. The van der Waals surface area contributed by atoms with E-state index >= 15 is 0 Å². The molecule has 2 aliphatic carbocycles. The molecule has 0 radical (unpaired) electrons. The molecule has 240 valence electrons. The van der Waals surface area contributed by atoms with Crippen molar-refractivity contribution in [1.82, 2.24) is 0 Å². The molecule has 2 aliphatic rings. The van der Waals surface area contributed by atoms with Crippen LogP contribution in [0.15, 0.2) is 152 Å². The minimum absolute atomic E-state index is 0.0450. The maximum atomic E-state index is 2.51. The second kappa shape index (κ2) is 10.5. The van der Waals surface area contributed by atoms with Crippen molar-refractivity contribution < 1.29 is 0 Å². The molecular formula is C48H37NS. The Morgan fingerprint density at radius 2 is 1.04 bits per heavy atom. The van der Waals surface area contributed by atoms with Crippen LogP contribution in [0.25, 0.3) is 53.6 Å². The van der Waals surface area contributed by atoms with Crippen molar-refractivity contribution in [2.24, 2.45) is 0 Å². The van der Waals surface area contributed by atoms with Gasteiger partial charge in [0.15, 0.2) is 0 Å². The van der Waals surface area contributed by atoms with E-state index in [1.807, 2.05) is 11.3 Å². The SMILES string of the molecule is CC1(C)c2ccccc2-c2cc(N(c3cccc(-c4ccc5sc6ccccc6c5c4)c3)c3cccc4c3-c3ccccc3C4(C)C)ccc21. The van der Waals surface area contributed by atoms with Gasteiger partial charge in [0.25, 0.3) is 0 Å². The molecule has 50 heavy (non-hydrogen) atoms. The minimum Gasteiger partial charge on any atom is -0.310 e. The summed E-state index contributed by atoms with van der Waals surface area (Å²) in [6.07, 6.45) is 0. The Morgan fingerprint density at radius 3 is 1.90 bits per heavy atom. The summed E-state index contributed by atoms with van der Waals surface area (Å²) < 4.78 is 2.66. The molecule has 0 amide bonds. The highest BCUT2D eigenvalue weighted by Gasteiger charge is 2.39. The van der Waals surface area contributed by atoms with Crippen molar-refractivity contribution in [2.75, 3.05) is 4.90 Å². The summed E-state index contributed by atoms with van der Waals surface area (Å²) >= 11 is 1.87. The highest BCUT2D eigenvalue weighted by Crippen LogP contribution is 2.55. The molecule has 0 bridgehead atoms. The standard InChI is InChI=1S/C48H37NS/c1-47(2)39-18-8-5-15-34(39)37-29-33(24-25-41(37)47)49(43-21-12-20-42-46(43)36-17-6-9-19-40(36)48(42,3)4)32-14-11-13-30(27-32)31-23-26-45-38(28-31)35-16-7-10-22-44(35)50-45/h5-29H,1-4H3. The monoisotopic (exact) mass is 659 g/mol. The second-order valence-corrected chi connectivity index (χ2v) is 16.0. The largest absolute Gasteiger partial charge is 0.310 e. The van der Waals surface area contributed by atoms with E-state index in [0.29, 0.717) is 0 Å². The number of nitrogens with zero attached hydrogens (tertiary/aromatic N) is 1. The Labute approximate surface area is 298 Å². The lowest BCUT2D eigenvalue weighted by Gasteiger charge is -2.30. The third-order valence-electron chi connectivity index (χ3n) is 11.5. The summed E-state index contributed by atoms with van der Waals surface area (Å²) in [6, 6.07) is 56.8. The van der Waals surface area contributed by atoms with Crippen molar-refractivity contribution in [3.63, 3.8) is 0 Å². The molecule has 0 atom stereocenters. The lowest BCUT2D eigenvalue weighted by molar-refractivity contribution is 0.660. The van der Waals surface area contributed by atoms with Gasteiger partial charge in [-0.15, -0.1) is 11.3 Å². The van der Waals surface area contributed by atoms with Gasteiger partial charge in [-0.3, -0.25) is 0 Å². The predicted molar refractivity (Wildman–Crippen MR) is 215 cm³/mol. The fourth-order valence-electron chi connectivity index (χ4n) is 8.93. The Hall–Kier alpha value is -5.44. The van der Waals surface area contributed by atoms with E-state index in [1.54, 1.807) is 0 Å². The zero-order valence-corrected chi connectivity index (χ0v) is 29.6. The number of fused-ring (bicyclic) bond motifs is 9. The first-order valence-corrected chi connectivity index (χ1v) is 18.4. The molecule has 1 heterocycles. The van der Waals surface area contributed by atoms with Crippen LogP contribution in [0.2, 0.25) is 0 Å². The Bertz CT molecular complexity index is 2670. The van der Waals surface area contributed by atoms with Gasteiger partial charge in [-0.1, -0.05) is 131 Å². The third-order valence-corrected chi connectivity index (χ3v) is 12.6. The van der Waals surface area contributed by atoms with Crippen LogP contribution in [0, 0.1) is 0 Å². The molecule has 0 unspecified atom stereocenters. The van der Waals surface area contributed by atoms with E-state index in [-0.39, 0.29) is 10.8 Å². The van der Waals surface area contributed by atoms with Crippen LogP contribution in [0.1, 0.15) is 49.9 Å². The van der Waals surface area contributed by atoms with Gasteiger partial charge >= 0.3 is 0 Å². The predicted octanol–water partition coefficient (Wildman–Crippen LogP) is 13.8. The molecule has 8 aromatic rings. The lowest BCUT2D eigenvalue weighted by atomic mass is 9.82. The number of benzene rings is 7. The van der Waals surface area contributed by atoms with Crippen molar-refractivity contribution in [3.8, 4) is 33.4 Å². The molecule has 7 aromatic carbocycles. The first-order chi connectivity index (χ1) is 24.3. The van der Waals surface area contributed by atoms with Gasteiger partial charge in [-0.2, -0.15) is 0 Å². The number of anilines is 3. The molecule has 10 rings (SSSR count). The molecule has 2 heteroatoms. The Balaban J connectivity index is 1.20. The molecule has 0 N–H and O–H groups in total. The summed E-state index contributed by atoms with van der Waals surface area (Å²) in [4.78, 5) is 2.51. The summed E-state index contributed by atoms with van der Waals surface area (Å²) in [5.74, 6) is 0. The first-order valence-electron chi connectivity index (χ1n) is 17.6. The van der Waals surface area contributed by atoms with E-state index in [9.17, 15) is 0 Å². The number of thiophene rings is 1. The highest BCUT2D eigenvalue weighted by molar-refractivity contribution is 7.25. The molecule has 0 spiro atoms. The number of rotatable bonds is 4. The summed E-state index contributed by atoms with van der Waals surface area (Å²) in [6.45, 7) is 9.45. The molecule has 1 nitrogen and oxygen atoms in total. The minimum atomic E-state index is -0.0882. The van der Waals surface area contributed by atoms with Crippen LogP contribution in [0.3, 0.4) is 0 Å². The van der Waals surface area contributed by atoms with Gasteiger partial charge in [-0.25, -0.2) is 0 Å². The van der Waals surface area contributed by atoms with E-state index in [1.165, 1.54) is 87.2 Å². The van der Waals surface area contributed by atoms with Crippen molar-refractivity contribution in [1.29, 1.82) is 0 Å². The van der Waals surface area contributed by atoms with E-state index in [0.717, 1.165) is 5.69 Å². The van der Waals surface area contributed by atoms with Crippen molar-refractivity contribution >= 4 is 48.6 Å². The molecular weight excluding hydrogens is 623 g/mol. The van der Waals surface area contributed by atoms with Crippen LogP contribution in [0.5, 0.6) is 0 Å². The quantitative estimate of drug-likeness (QED) is 0.182. The topological polar surface area (TPSA) is 3.24 Å². The summed E-state index contributed by atoms with van der Waals surface area (Å²) in [7, 11) is 0. The van der Waals surface area contributed by atoms with Gasteiger partial charge in [-0.05, 0) is 98.6 Å². The lowest BCUT2D eigenvalue weighted by Crippen LogP contribution is -2.16. The van der Waals surface area contributed by atoms with E-state index in [4.69, 9.17) is 0 Å². The second-order valence-electron chi connectivity index (χ2n) is 15.0. The Morgan fingerprint density at radius 1 is 0.420 bits per heavy atom. The zero-order chi connectivity index (χ0) is 33.8. The van der Waals surface area contributed by atoms with Crippen LogP contribution < -0.4 is 4.90 Å². The molecule has 0 fully saturated rings. The summed E-state index contributed by atoms with van der Waals surface area (Å²) in [5.41, 5.74) is 16.7. The van der Waals surface area contributed by atoms with Gasteiger partial charge in [0.05, 0.1) is 5.69 Å². The van der Waals surface area contributed by atoms with Crippen molar-refractivity contribution in [2.45, 2.75) is 38.5 Å². The van der Waals surface area contributed by atoms with Crippen LogP contribution >= 0.6 is 11.3 Å². The average molecular weight is 660 g/mol. The fourth-order valence-corrected chi connectivity index (χ4v) is 10.0. The maximum absolute atomic E-state index is 2.51. The molecule has 0 saturated heterocycles. The number of hydrogen-bond donors (Lipinski definition) is 0. The van der Waals surface area contributed by atoms with Crippen LogP contribution in [0.4, 0.5) is 17.1 Å². The smallest absolute Gasteiger partial charge is 0.0543 e. The molecule has 1 aromatic heterocycles. The van der Waals surface area contributed by atoms with Crippen molar-refractivity contribution in [3.05, 3.63) is 174 Å². The van der Waals surface area contributed by atoms with Gasteiger partial charge in [0.1, 0.15) is 0 Å². The zero-order valence-electron chi connectivity index (χ0n) is 28.8. The normalized spacial score (nSPS) is 14.7. The fraction of sp³-hybridized carbons (Fsp3) is 0.125. The number of hydrogen-bond acceptors (Lipinski definition) is 2. The molecule has 0 saturated carbocycles. The molecule has 0 aliphatic heterocycles. The highest BCUT2D eigenvalue weighted by atomic mass is 32.1. The van der Waals surface area contributed by atoms with Gasteiger partial charge in [0.2, 0.25) is 0 Å². The van der Waals surface area contributed by atoms with Gasteiger partial charge in [0, 0.05) is 47.9 Å². The Kier molecular flexibility index (Phi) is 6.21. The first kappa shape index (κ1) is 29.5. The third kappa shape index (κ3) is 4.12. The van der Waals surface area contributed by atoms with E-state index in [2.05, 4.69) is 184 Å². The average Bonchev–Trinajstić information content (AvgIpc) is 3.72. The van der Waals surface area contributed by atoms with Crippen LogP contribution in [-0.4, -0.2) is 0 Å². The van der Waals surface area contributed by atoms with Crippen LogP contribution in [-0.2, 0) is 10.8 Å². The van der Waals surface area contributed by atoms with E-state index < -0.39 is 0 Å². The van der Waals surface area contributed by atoms with Gasteiger partial charge < -0.3 is 4.90 Å². The summed E-state index contributed by atoms with van der Waals surface area (Å²) in [5, 5.41) is 2.65.